The Kier molecular flexibility index (Phi) is 6.88. The van der Waals surface area contributed by atoms with Gasteiger partial charge < -0.3 is 4.90 Å². The van der Waals surface area contributed by atoms with E-state index in [0.717, 1.165) is 45.6 Å². The van der Waals surface area contributed by atoms with Gasteiger partial charge in [-0.1, -0.05) is 43.7 Å². The smallest absolute Gasteiger partial charge is 0.240 e. The summed E-state index contributed by atoms with van der Waals surface area (Å²) in [6.07, 6.45) is 2.03. The van der Waals surface area contributed by atoms with Crippen LogP contribution in [-0.4, -0.2) is 52.6 Å². The van der Waals surface area contributed by atoms with E-state index in [2.05, 4.69) is 45.7 Å². The lowest BCUT2D eigenvalue weighted by Crippen LogP contribution is -2.48. The standard InChI is InChI=1S/C21H29N3O2S/c1-2-6-19-9-11-21(12-10-19)27(25,26)22-13-14-23-15-17-24(18-16-23)20-7-4-3-5-8-20/h3-5,7-12,22H,2,6,13-18H2,1H3. The highest BCUT2D eigenvalue weighted by atomic mass is 32.2. The SMILES string of the molecule is CCCc1ccc(S(=O)(=O)NCCN2CCN(c3ccccc3)CC2)cc1. The zero-order valence-electron chi connectivity index (χ0n) is 16.0. The fraction of sp³-hybridized carbons (Fsp3) is 0.429. The molecule has 0 aliphatic carbocycles. The fourth-order valence-corrected chi connectivity index (χ4v) is 4.43. The van der Waals surface area contributed by atoms with Crippen molar-refractivity contribution in [3.05, 3.63) is 60.2 Å². The normalized spacial score (nSPS) is 15.8. The van der Waals surface area contributed by atoms with Crippen molar-refractivity contribution in [3.8, 4) is 0 Å². The molecule has 1 aliphatic rings. The number of aryl methyl sites for hydroxylation is 1. The first-order valence-corrected chi connectivity index (χ1v) is 11.2. The quantitative estimate of drug-likeness (QED) is 0.757. The van der Waals surface area contributed by atoms with Gasteiger partial charge in [-0.3, -0.25) is 4.90 Å². The minimum Gasteiger partial charge on any atom is -0.369 e. The summed E-state index contributed by atoms with van der Waals surface area (Å²) in [5.41, 5.74) is 2.43. The molecule has 1 fully saturated rings. The van der Waals surface area contributed by atoms with Crippen LogP contribution < -0.4 is 9.62 Å². The summed E-state index contributed by atoms with van der Waals surface area (Å²) < 4.78 is 27.6. The van der Waals surface area contributed by atoms with Gasteiger partial charge >= 0.3 is 0 Å². The molecule has 2 aromatic rings. The molecule has 27 heavy (non-hydrogen) atoms. The maximum atomic E-state index is 12.4. The van der Waals surface area contributed by atoms with Gasteiger partial charge in [-0.05, 0) is 36.2 Å². The van der Waals surface area contributed by atoms with Gasteiger partial charge in [0.2, 0.25) is 10.0 Å². The molecule has 0 bridgehead atoms. The molecule has 3 rings (SSSR count). The highest BCUT2D eigenvalue weighted by molar-refractivity contribution is 7.89. The number of hydrogen-bond acceptors (Lipinski definition) is 4. The first kappa shape index (κ1) is 19.9. The lowest BCUT2D eigenvalue weighted by Gasteiger charge is -2.36. The molecule has 0 atom stereocenters. The molecule has 1 saturated heterocycles. The molecule has 2 aromatic carbocycles. The average Bonchev–Trinajstić information content (AvgIpc) is 2.70. The molecule has 146 valence electrons. The van der Waals surface area contributed by atoms with Gasteiger partial charge in [0.15, 0.2) is 0 Å². The van der Waals surface area contributed by atoms with E-state index in [-0.39, 0.29) is 0 Å². The van der Waals surface area contributed by atoms with Gasteiger partial charge in [0.25, 0.3) is 0 Å². The van der Waals surface area contributed by atoms with Crippen molar-refractivity contribution >= 4 is 15.7 Å². The van der Waals surface area contributed by atoms with Crippen molar-refractivity contribution in [2.45, 2.75) is 24.7 Å². The van der Waals surface area contributed by atoms with Gasteiger partial charge in [0, 0.05) is 45.0 Å². The van der Waals surface area contributed by atoms with E-state index in [0.29, 0.717) is 11.4 Å². The van der Waals surface area contributed by atoms with Crippen molar-refractivity contribution in [2.75, 3.05) is 44.2 Å². The number of rotatable bonds is 8. The van der Waals surface area contributed by atoms with Crippen molar-refractivity contribution in [1.82, 2.24) is 9.62 Å². The summed E-state index contributed by atoms with van der Waals surface area (Å²) in [5, 5.41) is 0. The second-order valence-electron chi connectivity index (χ2n) is 6.96. The summed E-state index contributed by atoms with van der Waals surface area (Å²) in [6, 6.07) is 17.6. The molecule has 0 radical (unpaired) electrons. The topological polar surface area (TPSA) is 52.7 Å². The molecule has 0 saturated carbocycles. The second-order valence-corrected chi connectivity index (χ2v) is 8.72. The number of piperazine rings is 1. The Bertz CT molecular complexity index is 799. The molecule has 0 amide bonds. The Balaban J connectivity index is 1.44. The highest BCUT2D eigenvalue weighted by Crippen LogP contribution is 2.15. The van der Waals surface area contributed by atoms with Crippen molar-refractivity contribution in [1.29, 1.82) is 0 Å². The van der Waals surface area contributed by atoms with Crippen molar-refractivity contribution < 1.29 is 8.42 Å². The Hall–Kier alpha value is -1.89. The van der Waals surface area contributed by atoms with Gasteiger partial charge in [-0.2, -0.15) is 0 Å². The average molecular weight is 388 g/mol. The molecule has 1 N–H and O–H groups in total. The molecule has 1 aliphatic heterocycles. The van der Waals surface area contributed by atoms with Crippen LogP contribution in [0, 0.1) is 0 Å². The Morgan fingerprint density at radius 3 is 2.22 bits per heavy atom. The first-order valence-electron chi connectivity index (χ1n) is 9.69. The molecule has 1 heterocycles. The van der Waals surface area contributed by atoms with E-state index >= 15 is 0 Å². The van der Waals surface area contributed by atoms with E-state index in [1.54, 1.807) is 12.1 Å². The Morgan fingerprint density at radius 1 is 0.926 bits per heavy atom. The maximum absolute atomic E-state index is 12.4. The molecular weight excluding hydrogens is 358 g/mol. The van der Waals surface area contributed by atoms with Crippen LogP contribution in [0.3, 0.4) is 0 Å². The van der Waals surface area contributed by atoms with E-state index in [9.17, 15) is 8.42 Å². The van der Waals surface area contributed by atoms with Crippen LogP contribution in [0.4, 0.5) is 5.69 Å². The fourth-order valence-electron chi connectivity index (χ4n) is 3.41. The lowest BCUT2D eigenvalue weighted by molar-refractivity contribution is 0.262. The van der Waals surface area contributed by atoms with E-state index in [4.69, 9.17) is 0 Å². The number of sulfonamides is 1. The summed E-state index contributed by atoms with van der Waals surface area (Å²) in [4.78, 5) is 5.03. The minimum atomic E-state index is -3.43. The van der Waals surface area contributed by atoms with Crippen LogP contribution in [0.25, 0.3) is 0 Å². The van der Waals surface area contributed by atoms with Crippen LogP contribution in [-0.2, 0) is 16.4 Å². The number of nitrogens with zero attached hydrogens (tertiary/aromatic N) is 2. The first-order chi connectivity index (χ1) is 13.1. The van der Waals surface area contributed by atoms with Crippen LogP contribution in [0.1, 0.15) is 18.9 Å². The van der Waals surface area contributed by atoms with Crippen molar-refractivity contribution in [2.24, 2.45) is 0 Å². The van der Waals surface area contributed by atoms with Crippen LogP contribution >= 0.6 is 0 Å². The predicted molar refractivity (Wildman–Crippen MR) is 111 cm³/mol. The monoisotopic (exact) mass is 387 g/mol. The number of hydrogen-bond donors (Lipinski definition) is 1. The minimum absolute atomic E-state index is 0.344. The van der Waals surface area contributed by atoms with Crippen LogP contribution in [0.15, 0.2) is 59.5 Å². The third-order valence-corrected chi connectivity index (χ3v) is 6.46. The largest absolute Gasteiger partial charge is 0.369 e. The molecule has 0 unspecified atom stereocenters. The molecular formula is C21H29N3O2S. The summed E-state index contributed by atoms with van der Waals surface area (Å²) in [5.74, 6) is 0. The number of para-hydroxylation sites is 1. The predicted octanol–water partition coefficient (Wildman–Crippen LogP) is 2.74. The Labute approximate surface area is 163 Å². The summed E-state index contributed by atoms with van der Waals surface area (Å²) in [6.45, 7) is 7.11. The highest BCUT2D eigenvalue weighted by Gasteiger charge is 2.18. The van der Waals surface area contributed by atoms with Gasteiger partial charge in [0.1, 0.15) is 0 Å². The molecule has 5 nitrogen and oxygen atoms in total. The zero-order chi connectivity index (χ0) is 19.1. The van der Waals surface area contributed by atoms with Crippen LogP contribution in [0.5, 0.6) is 0 Å². The van der Waals surface area contributed by atoms with Gasteiger partial charge in [0.05, 0.1) is 4.90 Å². The third kappa shape index (κ3) is 5.54. The van der Waals surface area contributed by atoms with E-state index < -0.39 is 10.0 Å². The molecule has 0 aromatic heterocycles. The maximum Gasteiger partial charge on any atom is 0.240 e. The van der Waals surface area contributed by atoms with Gasteiger partial charge in [-0.25, -0.2) is 13.1 Å². The second kappa shape index (κ2) is 9.35. The van der Waals surface area contributed by atoms with Crippen LogP contribution in [0.2, 0.25) is 0 Å². The zero-order valence-corrected chi connectivity index (χ0v) is 16.8. The van der Waals surface area contributed by atoms with E-state index in [1.165, 1.54) is 11.3 Å². The summed E-state index contributed by atoms with van der Waals surface area (Å²) >= 11 is 0. The van der Waals surface area contributed by atoms with E-state index in [1.807, 2.05) is 18.2 Å². The number of anilines is 1. The summed E-state index contributed by atoms with van der Waals surface area (Å²) in [7, 11) is -3.43. The lowest BCUT2D eigenvalue weighted by atomic mass is 10.1. The van der Waals surface area contributed by atoms with Crippen molar-refractivity contribution in [3.63, 3.8) is 0 Å². The van der Waals surface area contributed by atoms with Gasteiger partial charge in [-0.15, -0.1) is 0 Å². The number of nitrogens with one attached hydrogen (secondary N) is 1. The number of benzene rings is 2. The Morgan fingerprint density at radius 2 is 1.59 bits per heavy atom. The third-order valence-electron chi connectivity index (χ3n) is 4.99. The molecule has 6 heteroatoms. The molecule has 0 spiro atoms.